The van der Waals surface area contributed by atoms with Gasteiger partial charge in [-0.3, -0.25) is 0 Å². The number of para-hydroxylation sites is 2. The van der Waals surface area contributed by atoms with E-state index in [-0.39, 0.29) is 91.7 Å². The average molecular weight is 1890 g/mol. The number of aryl methyl sites for hydroxylation is 1. The van der Waals surface area contributed by atoms with E-state index in [1.807, 2.05) is 164 Å². The number of rotatable bonds is 9. The largest absolute Gasteiger partial charge is 0.507 e. The Bertz CT molecular complexity index is 3810. The van der Waals surface area contributed by atoms with Gasteiger partial charge >= 0.3 is 12.9 Å². The van der Waals surface area contributed by atoms with Crippen LogP contribution in [0.4, 0.5) is 26.3 Å². The van der Waals surface area contributed by atoms with Gasteiger partial charge in [0.05, 0.1) is 12.7 Å². The second kappa shape index (κ2) is 37.1. The van der Waals surface area contributed by atoms with Gasteiger partial charge in [0.25, 0.3) is 0 Å². The predicted molar refractivity (Wildman–Crippen MR) is 321 cm³/mol. The Morgan fingerprint density at radius 1 is 0.398 bits per heavy atom. The molecular weight excluding hydrogens is 1840 g/mol. The Balaban J connectivity index is 0.000000242. The number of ether oxygens (including phenoxy) is 1. The number of hydrogen-bond donors (Lipinski definition) is 1. The van der Waals surface area contributed by atoms with Crippen LogP contribution in [0.3, 0.4) is 0 Å². The molecule has 4 heterocycles. The Morgan fingerprint density at radius 2 is 0.773 bits per heavy atom. The summed E-state index contributed by atoms with van der Waals surface area (Å²) in [6.45, 7) is -1.55. The number of phenolic OH excluding ortho intramolecular Hbond substituents is 1. The van der Waals surface area contributed by atoms with Gasteiger partial charge in [-0.05, 0) is 81.8 Å². The molecule has 0 unspecified atom stereocenters. The van der Waals surface area contributed by atoms with Crippen LogP contribution in [-0.4, -0.2) is 38.8 Å². The van der Waals surface area contributed by atoms with Gasteiger partial charge in [-0.25, -0.2) is 0 Å². The number of pyridine rings is 4. The molecule has 4 aromatic heterocycles. The maximum absolute atomic E-state index is 13.1. The molecule has 0 bridgehead atoms. The zero-order valence-electron chi connectivity index (χ0n) is 46.7. The molecule has 8 aromatic carbocycles. The van der Waals surface area contributed by atoms with Gasteiger partial charge in [-0.1, -0.05) is 121 Å². The third-order valence-electron chi connectivity index (χ3n) is 12.6. The number of halogens is 6. The number of nitrogens with zero attached hydrogens (tertiary/aromatic N) is 4. The van der Waals surface area contributed by atoms with Crippen LogP contribution in [0.5, 0.6) is 11.5 Å². The summed E-state index contributed by atoms with van der Waals surface area (Å²) in [5.74, 6) is 1.12. The Kier molecular flexibility index (Phi) is 30.6. The van der Waals surface area contributed by atoms with E-state index in [1.165, 1.54) is 29.5 Å². The van der Waals surface area contributed by atoms with E-state index >= 15 is 0 Å². The van der Waals surface area contributed by atoms with Crippen molar-refractivity contribution >= 4 is 0 Å². The summed E-state index contributed by atoms with van der Waals surface area (Å²) in [5.41, 5.74) is 14.5. The maximum atomic E-state index is 13.1. The average Bonchev–Trinajstić information content (AvgIpc) is 1.82. The molecule has 4 radical (unpaired) electrons. The molecule has 0 saturated carbocycles. The minimum atomic E-state index is -4.39. The Hall–Kier alpha value is -7.86. The van der Waals surface area contributed by atoms with Crippen molar-refractivity contribution in [3.05, 3.63) is 303 Å². The van der Waals surface area contributed by atoms with Crippen molar-refractivity contribution in [2.24, 2.45) is 0 Å². The van der Waals surface area contributed by atoms with Crippen molar-refractivity contribution in [2.45, 2.75) is 19.8 Å². The van der Waals surface area contributed by atoms with Crippen LogP contribution in [-0.2, 0) is 86.6 Å². The minimum Gasteiger partial charge on any atom is -0.507 e. The monoisotopic (exact) mass is 1890 g/mol. The van der Waals surface area contributed by atoms with Crippen LogP contribution in [0, 0.1) is 31.2 Å². The van der Waals surface area contributed by atoms with Crippen molar-refractivity contribution < 1.29 is 117 Å². The topological polar surface area (TPSA) is 81.0 Å². The number of methoxy groups -OCH3 is 1. The molecule has 0 amide bonds. The molecule has 88 heavy (non-hydrogen) atoms. The SMILES string of the molecule is COc1ccccc1-c1ccc(-c2[c-]cccc2)nc1.Cc1ccccc1-c1ccc(-c2[c-]cccc2)nc1.FC(F)(F)c1ccccc1-c1ccnc(-c2[c-]cccc2)c1.FC(F)F.Oc1ccccc1-c1ccc(-c2[c-]cccc2)nc1.[Ir].[Ir].[Ir].[Ir]. The maximum Gasteiger partial charge on any atom is 0.417 e. The van der Waals surface area contributed by atoms with Crippen LogP contribution >= 0.6 is 0 Å². The number of phenols is 1. The first-order chi connectivity index (χ1) is 40.9. The Labute approximate surface area is 562 Å². The quantitative estimate of drug-likeness (QED) is 0.115. The first-order valence-electron chi connectivity index (χ1n) is 26.2. The van der Waals surface area contributed by atoms with E-state index in [4.69, 9.17) is 4.74 Å². The summed E-state index contributed by atoms with van der Waals surface area (Å²) in [6, 6.07) is 87.7. The van der Waals surface area contributed by atoms with Crippen molar-refractivity contribution in [3.8, 4) is 101 Å². The van der Waals surface area contributed by atoms with Crippen LogP contribution in [0.2, 0.25) is 0 Å². The summed E-state index contributed by atoms with van der Waals surface area (Å²) in [4.78, 5) is 17.7. The van der Waals surface area contributed by atoms with E-state index in [2.05, 4.69) is 87.5 Å². The summed E-state index contributed by atoms with van der Waals surface area (Å²) < 4.78 is 73.8. The van der Waals surface area contributed by atoms with Gasteiger partial charge in [-0.2, -0.15) is 26.3 Å². The van der Waals surface area contributed by atoms with Gasteiger partial charge in [0.2, 0.25) is 0 Å². The normalized spacial score (nSPS) is 10.1. The molecule has 12 aromatic rings. The van der Waals surface area contributed by atoms with Crippen molar-refractivity contribution in [3.63, 3.8) is 0 Å². The van der Waals surface area contributed by atoms with Crippen LogP contribution in [0.1, 0.15) is 11.1 Å². The smallest absolute Gasteiger partial charge is 0.417 e. The fraction of sp³-hybridized carbons (Fsp3) is 0.0556. The number of hydrogen-bond acceptors (Lipinski definition) is 6. The summed E-state index contributed by atoms with van der Waals surface area (Å²) in [6.07, 6.45) is 2.69. The molecule has 454 valence electrons. The fourth-order valence-electron chi connectivity index (χ4n) is 8.57. The molecule has 0 aliphatic rings. The third kappa shape index (κ3) is 21.2. The van der Waals surface area contributed by atoms with Gasteiger partial charge in [-0.15, -0.1) is 144 Å². The number of alkyl halides is 6. The van der Waals surface area contributed by atoms with Crippen molar-refractivity contribution in [1.82, 2.24) is 19.9 Å². The molecule has 0 atom stereocenters. The molecular formula is C72H52F6Ir4N4O2-4. The van der Waals surface area contributed by atoms with Gasteiger partial charge in [0.15, 0.2) is 0 Å². The van der Waals surface area contributed by atoms with Gasteiger partial charge < -0.3 is 29.8 Å². The predicted octanol–water partition coefficient (Wildman–Crippen LogP) is 19.1. The van der Waals surface area contributed by atoms with E-state index in [0.717, 1.165) is 79.0 Å². The summed E-state index contributed by atoms with van der Waals surface area (Å²) >= 11 is 0. The van der Waals surface area contributed by atoms with E-state index < -0.39 is 18.4 Å². The minimum absolute atomic E-state index is 0. The zero-order valence-corrected chi connectivity index (χ0v) is 56.3. The molecule has 16 heteroatoms. The molecule has 0 aliphatic heterocycles. The second-order valence-electron chi connectivity index (χ2n) is 18.2. The molecule has 6 nitrogen and oxygen atoms in total. The van der Waals surface area contributed by atoms with E-state index in [9.17, 15) is 31.4 Å². The van der Waals surface area contributed by atoms with Gasteiger partial charge in [0, 0.05) is 127 Å². The number of benzene rings is 8. The standard InChI is InChI=1S/C18H11F3N.C18H14NO.C18H14N.C17H12NO.CHF3.4Ir/c19-18(20,21)16-9-5-4-8-15(16)14-10-11-22-17(12-14)13-6-2-1-3-7-13;1-20-18-10-6-5-9-16(18)15-11-12-17(19-13-15)14-7-3-2-4-8-14;1-14-7-5-6-10-17(14)16-11-12-18(19-13-16)15-8-3-2-4-9-15;19-17-9-5-4-8-15(17)14-10-11-16(18-12-14)13-6-2-1-3-7-13;2-1(3)4;;;;/h1-6,8-12H;2-7,9-13H,1H3;2-8,10-13H,1H3;1-6,8-12,19H;1H;;;;/q4*-1;;;;;. The third-order valence-corrected chi connectivity index (χ3v) is 12.6. The van der Waals surface area contributed by atoms with Crippen molar-refractivity contribution in [2.75, 3.05) is 7.11 Å². The molecule has 12 rings (SSSR count). The van der Waals surface area contributed by atoms with E-state index in [1.54, 1.807) is 49.7 Å². The summed E-state index contributed by atoms with van der Waals surface area (Å²) in [7, 11) is 1.68. The molecule has 0 fully saturated rings. The molecule has 0 saturated heterocycles. The first-order valence-corrected chi connectivity index (χ1v) is 26.2. The zero-order chi connectivity index (χ0) is 59.1. The van der Waals surface area contributed by atoms with Crippen LogP contribution in [0.25, 0.3) is 89.5 Å². The molecule has 0 aliphatic carbocycles. The molecule has 0 spiro atoms. The van der Waals surface area contributed by atoms with Crippen LogP contribution in [0.15, 0.2) is 267 Å². The fourth-order valence-corrected chi connectivity index (χ4v) is 8.57. The van der Waals surface area contributed by atoms with Gasteiger partial charge in [0.1, 0.15) is 11.5 Å². The van der Waals surface area contributed by atoms with E-state index in [0.29, 0.717) is 11.3 Å². The molecule has 1 N–H and O–H groups in total. The summed E-state index contributed by atoms with van der Waals surface area (Å²) in [5, 5.41) is 9.82. The second-order valence-corrected chi connectivity index (χ2v) is 18.2. The Morgan fingerprint density at radius 3 is 1.18 bits per heavy atom. The van der Waals surface area contributed by atoms with Crippen LogP contribution < -0.4 is 4.74 Å². The van der Waals surface area contributed by atoms with Crippen molar-refractivity contribution in [1.29, 1.82) is 0 Å². The first kappa shape index (κ1) is 72.6. The number of aromatic nitrogens is 4. The number of aromatic hydroxyl groups is 1.